The van der Waals surface area contributed by atoms with E-state index in [-0.39, 0.29) is 11.8 Å². The minimum atomic E-state index is 0.0816. The molecule has 0 spiro atoms. The molecule has 0 saturated carbocycles. The normalized spacial score (nSPS) is 19.1. The molecule has 1 heterocycles. The number of methoxy groups -OCH3 is 1. The Morgan fingerprint density at radius 1 is 1.47 bits per heavy atom. The molecule has 0 aliphatic carbocycles. The largest absolute Gasteiger partial charge is 0.504 e. The summed E-state index contributed by atoms with van der Waals surface area (Å²) in [4.78, 5) is 4.47. The summed E-state index contributed by atoms with van der Waals surface area (Å²) < 4.78 is 10.6. The van der Waals surface area contributed by atoms with E-state index in [1.54, 1.807) is 12.1 Å². The van der Waals surface area contributed by atoms with E-state index in [1.807, 2.05) is 6.07 Å². The van der Waals surface area contributed by atoms with Crippen molar-refractivity contribution in [3.63, 3.8) is 0 Å². The molecule has 0 bridgehead atoms. The van der Waals surface area contributed by atoms with Crippen LogP contribution >= 0.6 is 0 Å². The van der Waals surface area contributed by atoms with Crippen molar-refractivity contribution < 1.29 is 14.6 Å². The fourth-order valence-corrected chi connectivity index (χ4v) is 1.74. The molecular formula is C13H17NO3. The number of aliphatic imine (C=N–C) groups is 1. The first-order valence-electron chi connectivity index (χ1n) is 5.70. The highest BCUT2D eigenvalue weighted by molar-refractivity contribution is 5.98. The molecule has 0 fully saturated rings. The van der Waals surface area contributed by atoms with Crippen LogP contribution in [0, 0.1) is 5.92 Å². The lowest BCUT2D eigenvalue weighted by Crippen LogP contribution is -2.13. The molecule has 0 amide bonds. The van der Waals surface area contributed by atoms with Crippen LogP contribution in [0.15, 0.2) is 23.2 Å². The lowest BCUT2D eigenvalue weighted by atomic mass is 10.1. The molecule has 0 radical (unpaired) electrons. The zero-order chi connectivity index (χ0) is 12.4. The van der Waals surface area contributed by atoms with Crippen molar-refractivity contribution >= 4 is 5.90 Å². The van der Waals surface area contributed by atoms with Crippen LogP contribution in [-0.2, 0) is 4.74 Å². The van der Waals surface area contributed by atoms with Gasteiger partial charge in [-0.2, -0.15) is 0 Å². The summed E-state index contributed by atoms with van der Waals surface area (Å²) >= 11 is 0. The summed E-state index contributed by atoms with van der Waals surface area (Å²) in [5.74, 6) is 1.44. The van der Waals surface area contributed by atoms with Crippen LogP contribution in [0.1, 0.15) is 19.4 Å². The molecule has 0 unspecified atom stereocenters. The number of phenolic OH excluding ortho intramolecular Hbond substituents is 1. The van der Waals surface area contributed by atoms with Crippen LogP contribution in [0.3, 0.4) is 0 Å². The predicted molar refractivity (Wildman–Crippen MR) is 65.8 cm³/mol. The van der Waals surface area contributed by atoms with Crippen molar-refractivity contribution in [2.45, 2.75) is 19.9 Å². The van der Waals surface area contributed by atoms with Crippen LogP contribution in [0.4, 0.5) is 0 Å². The summed E-state index contributed by atoms with van der Waals surface area (Å²) in [6.45, 7) is 4.78. The van der Waals surface area contributed by atoms with E-state index in [4.69, 9.17) is 9.47 Å². The van der Waals surface area contributed by atoms with Crippen LogP contribution < -0.4 is 4.74 Å². The van der Waals surface area contributed by atoms with E-state index in [1.165, 1.54) is 7.11 Å². The smallest absolute Gasteiger partial charge is 0.220 e. The minimum absolute atomic E-state index is 0.0816. The van der Waals surface area contributed by atoms with Crippen molar-refractivity contribution in [2.24, 2.45) is 10.9 Å². The molecule has 1 aliphatic heterocycles. The Labute approximate surface area is 101 Å². The van der Waals surface area contributed by atoms with Gasteiger partial charge in [0.1, 0.15) is 6.61 Å². The molecule has 1 aliphatic rings. The number of hydrogen-bond acceptors (Lipinski definition) is 4. The van der Waals surface area contributed by atoms with Gasteiger partial charge in [-0.15, -0.1) is 0 Å². The van der Waals surface area contributed by atoms with Crippen LogP contribution in [0.5, 0.6) is 11.5 Å². The topological polar surface area (TPSA) is 51.0 Å². The molecule has 2 rings (SSSR count). The van der Waals surface area contributed by atoms with Crippen molar-refractivity contribution in [1.82, 2.24) is 0 Å². The third-order valence-corrected chi connectivity index (χ3v) is 2.89. The van der Waals surface area contributed by atoms with Gasteiger partial charge in [0.25, 0.3) is 0 Å². The Morgan fingerprint density at radius 3 is 2.82 bits per heavy atom. The highest BCUT2D eigenvalue weighted by Gasteiger charge is 2.25. The van der Waals surface area contributed by atoms with E-state index >= 15 is 0 Å². The van der Waals surface area contributed by atoms with Gasteiger partial charge >= 0.3 is 0 Å². The summed E-state index contributed by atoms with van der Waals surface area (Å²) in [6.07, 6.45) is 0. The number of nitrogens with zero attached hydrogens (tertiary/aromatic N) is 1. The van der Waals surface area contributed by atoms with E-state index < -0.39 is 0 Å². The van der Waals surface area contributed by atoms with Gasteiger partial charge < -0.3 is 14.6 Å². The lowest BCUT2D eigenvalue weighted by Gasteiger charge is -2.07. The second kappa shape index (κ2) is 4.65. The first kappa shape index (κ1) is 11.8. The molecular weight excluding hydrogens is 218 g/mol. The first-order chi connectivity index (χ1) is 8.13. The maximum Gasteiger partial charge on any atom is 0.220 e. The molecule has 1 atom stereocenters. The number of rotatable bonds is 3. The van der Waals surface area contributed by atoms with Gasteiger partial charge in [0.05, 0.1) is 18.7 Å². The van der Waals surface area contributed by atoms with Gasteiger partial charge in [-0.25, -0.2) is 4.99 Å². The van der Waals surface area contributed by atoms with Gasteiger partial charge in [0.2, 0.25) is 5.90 Å². The molecule has 4 heteroatoms. The number of benzene rings is 1. The van der Waals surface area contributed by atoms with Crippen molar-refractivity contribution in [3.05, 3.63) is 23.8 Å². The van der Waals surface area contributed by atoms with Gasteiger partial charge in [0.15, 0.2) is 11.5 Å². The fraction of sp³-hybridized carbons (Fsp3) is 0.462. The van der Waals surface area contributed by atoms with E-state index in [0.717, 1.165) is 0 Å². The standard InChI is InChI=1S/C13H17NO3/c1-8(2)10-7-17-13(14-10)9-5-4-6-11(16-3)12(9)15/h4-6,8,10,15H,7H2,1-3H3/t10-/m1/s1. The van der Waals surface area contributed by atoms with Crippen LogP contribution in [-0.4, -0.2) is 30.8 Å². The Morgan fingerprint density at radius 2 is 2.24 bits per heavy atom. The van der Waals surface area contributed by atoms with E-state index in [9.17, 15) is 5.11 Å². The van der Waals surface area contributed by atoms with Gasteiger partial charge in [-0.05, 0) is 18.1 Å². The molecule has 0 aromatic heterocycles. The Bertz CT molecular complexity index is 440. The number of aromatic hydroxyl groups is 1. The third-order valence-electron chi connectivity index (χ3n) is 2.89. The van der Waals surface area contributed by atoms with Crippen molar-refractivity contribution in [2.75, 3.05) is 13.7 Å². The summed E-state index contributed by atoms with van der Waals surface area (Å²) in [5, 5.41) is 9.99. The highest BCUT2D eigenvalue weighted by Crippen LogP contribution is 2.31. The molecule has 4 nitrogen and oxygen atoms in total. The molecule has 17 heavy (non-hydrogen) atoms. The maximum atomic E-state index is 9.99. The summed E-state index contributed by atoms with van der Waals surface area (Å²) in [6, 6.07) is 5.45. The predicted octanol–water partition coefficient (Wildman–Crippen LogP) is 2.20. The zero-order valence-electron chi connectivity index (χ0n) is 10.3. The Balaban J connectivity index is 2.33. The molecule has 1 aromatic rings. The second-order valence-electron chi connectivity index (χ2n) is 4.41. The average Bonchev–Trinajstić information content (AvgIpc) is 2.78. The van der Waals surface area contributed by atoms with Crippen molar-refractivity contribution in [1.29, 1.82) is 0 Å². The van der Waals surface area contributed by atoms with Crippen molar-refractivity contribution in [3.8, 4) is 11.5 Å². The number of phenols is 1. The average molecular weight is 235 g/mol. The molecule has 0 saturated heterocycles. The first-order valence-corrected chi connectivity index (χ1v) is 5.70. The third kappa shape index (κ3) is 2.20. The number of hydrogen-bond donors (Lipinski definition) is 1. The van der Waals surface area contributed by atoms with Crippen LogP contribution in [0.2, 0.25) is 0 Å². The lowest BCUT2D eigenvalue weighted by molar-refractivity contribution is 0.290. The number of para-hydroxylation sites is 1. The van der Waals surface area contributed by atoms with E-state index in [2.05, 4.69) is 18.8 Å². The molecule has 92 valence electrons. The van der Waals surface area contributed by atoms with Gasteiger partial charge in [0, 0.05) is 0 Å². The Hall–Kier alpha value is -1.71. The second-order valence-corrected chi connectivity index (χ2v) is 4.41. The van der Waals surface area contributed by atoms with Crippen LogP contribution in [0.25, 0.3) is 0 Å². The van der Waals surface area contributed by atoms with E-state index in [0.29, 0.717) is 29.7 Å². The van der Waals surface area contributed by atoms with Gasteiger partial charge in [-0.3, -0.25) is 0 Å². The minimum Gasteiger partial charge on any atom is -0.504 e. The maximum absolute atomic E-state index is 9.99. The monoisotopic (exact) mass is 235 g/mol. The molecule has 1 aromatic carbocycles. The molecule has 1 N–H and O–H groups in total. The van der Waals surface area contributed by atoms with Gasteiger partial charge in [-0.1, -0.05) is 19.9 Å². The zero-order valence-corrected chi connectivity index (χ0v) is 10.3. The highest BCUT2D eigenvalue weighted by atomic mass is 16.5. The SMILES string of the molecule is COc1cccc(C2=N[C@@H](C(C)C)CO2)c1O. The summed E-state index contributed by atoms with van der Waals surface area (Å²) in [5.41, 5.74) is 0.590. The summed E-state index contributed by atoms with van der Waals surface area (Å²) in [7, 11) is 1.52. The fourth-order valence-electron chi connectivity index (χ4n) is 1.74. The quantitative estimate of drug-likeness (QED) is 0.873. The number of ether oxygens (including phenoxy) is 2. The Kier molecular flexibility index (Phi) is 3.22.